The Morgan fingerprint density at radius 3 is 2.47 bits per heavy atom. The van der Waals surface area contributed by atoms with Crippen LogP contribution >= 0.6 is 0 Å². The maximum Gasteiger partial charge on any atom is 0.333 e. The fourth-order valence-electron chi connectivity index (χ4n) is 3.59. The van der Waals surface area contributed by atoms with Crippen LogP contribution in [-0.4, -0.2) is 39.2 Å². The van der Waals surface area contributed by atoms with E-state index in [1.54, 1.807) is 19.0 Å². The molecule has 0 fully saturated rings. The van der Waals surface area contributed by atoms with Gasteiger partial charge in [0.05, 0.1) is 0 Å². The Kier molecular flexibility index (Phi) is 4.69. The van der Waals surface area contributed by atoms with Crippen molar-refractivity contribution in [2.45, 2.75) is 6.42 Å². The number of rotatable bonds is 2. The van der Waals surface area contributed by atoms with E-state index in [1.807, 2.05) is 18.2 Å². The summed E-state index contributed by atoms with van der Waals surface area (Å²) in [6, 6.07) is 14.4. The predicted octanol–water partition coefficient (Wildman–Crippen LogP) is 2.02. The van der Waals surface area contributed by atoms with E-state index in [0.717, 1.165) is 26.8 Å². The van der Waals surface area contributed by atoms with E-state index in [2.05, 4.69) is 34.6 Å². The van der Waals surface area contributed by atoms with Gasteiger partial charge in [0.15, 0.2) is 5.69 Å². The molecule has 0 unspecified atom stereocenters. The number of guanidine groups is 1. The maximum absolute atomic E-state index is 12.5. The molecule has 1 aromatic heterocycles. The van der Waals surface area contributed by atoms with E-state index in [9.17, 15) is 14.7 Å². The number of benzene rings is 2. The molecule has 0 spiro atoms. The average molecular weight is 405 g/mol. The maximum atomic E-state index is 12.5. The monoisotopic (exact) mass is 405 g/mol. The number of aromatic hydroxyl groups is 1. The molecule has 30 heavy (non-hydrogen) atoms. The van der Waals surface area contributed by atoms with Gasteiger partial charge in [-0.3, -0.25) is 13.9 Å². The minimum atomic E-state index is -0.667. The molecule has 0 bridgehead atoms. The summed E-state index contributed by atoms with van der Waals surface area (Å²) < 4.78 is 1.90. The first-order valence-electron chi connectivity index (χ1n) is 9.51. The Labute approximate surface area is 173 Å². The first kappa shape index (κ1) is 19.5. The van der Waals surface area contributed by atoms with Crippen LogP contribution in [0, 0.1) is 0 Å². The van der Waals surface area contributed by atoms with Crippen LogP contribution in [0.25, 0.3) is 11.1 Å². The summed E-state index contributed by atoms with van der Waals surface area (Å²) in [5.74, 6) is -0.126. The van der Waals surface area contributed by atoms with Gasteiger partial charge >= 0.3 is 5.69 Å². The number of fused-ring (bicyclic) bond motifs is 3. The van der Waals surface area contributed by atoms with Crippen LogP contribution in [0.3, 0.4) is 0 Å². The van der Waals surface area contributed by atoms with Gasteiger partial charge in [-0.25, -0.2) is 9.79 Å². The molecule has 2 aromatic carbocycles. The third kappa shape index (κ3) is 3.16. The molecule has 0 saturated heterocycles. The van der Waals surface area contributed by atoms with Crippen molar-refractivity contribution >= 4 is 17.3 Å². The molecule has 0 amide bonds. The summed E-state index contributed by atoms with van der Waals surface area (Å²) in [7, 11) is 6.29. The second-order valence-electron chi connectivity index (χ2n) is 7.54. The minimum absolute atomic E-state index is 0.206. The highest BCUT2D eigenvalue weighted by atomic mass is 16.3. The summed E-state index contributed by atoms with van der Waals surface area (Å²) >= 11 is 0. The van der Waals surface area contributed by atoms with E-state index in [4.69, 9.17) is 0 Å². The summed E-state index contributed by atoms with van der Waals surface area (Å²) in [5, 5.41) is 13.5. The molecule has 1 aliphatic rings. The molecule has 3 aromatic rings. The van der Waals surface area contributed by atoms with Crippen LogP contribution in [0.2, 0.25) is 0 Å². The van der Waals surface area contributed by atoms with Crippen molar-refractivity contribution in [1.82, 2.24) is 14.0 Å². The van der Waals surface area contributed by atoms with Crippen molar-refractivity contribution in [1.29, 1.82) is 0 Å². The van der Waals surface area contributed by atoms with Gasteiger partial charge in [0, 0.05) is 33.9 Å². The van der Waals surface area contributed by atoms with Crippen LogP contribution < -0.4 is 16.6 Å². The van der Waals surface area contributed by atoms with Crippen LogP contribution in [0.15, 0.2) is 57.0 Å². The Hall–Kier alpha value is -3.81. The summed E-state index contributed by atoms with van der Waals surface area (Å²) in [4.78, 5) is 30.5. The Morgan fingerprint density at radius 1 is 1.03 bits per heavy atom. The number of aliphatic imine (C=N–C) groups is 1. The lowest BCUT2D eigenvalue weighted by atomic mass is 10.1. The van der Waals surface area contributed by atoms with Crippen molar-refractivity contribution in [3.05, 3.63) is 74.4 Å². The third-order valence-corrected chi connectivity index (χ3v) is 5.31. The molecule has 8 nitrogen and oxygen atoms in total. The van der Waals surface area contributed by atoms with Gasteiger partial charge < -0.3 is 15.3 Å². The third-order valence-electron chi connectivity index (χ3n) is 5.31. The molecule has 0 radical (unpaired) electrons. The zero-order chi connectivity index (χ0) is 21.6. The number of hydrogen-bond donors (Lipinski definition) is 2. The van der Waals surface area contributed by atoms with Gasteiger partial charge in [0.2, 0.25) is 11.8 Å². The molecule has 0 atom stereocenters. The van der Waals surface area contributed by atoms with Crippen molar-refractivity contribution in [3.63, 3.8) is 0 Å². The Balaban J connectivity index is 1.76. The van der Waals surface area contributed by atoms with E-state index in [1.165, 1.54) is 30.8 Å². The first-order chi connectivity index (χ1) is 14.3. The summed E-state index contributed by atoms with van der Waals surface area (Å²) in [5.41, 5.74) is 4.24. The second kappa shape index (κ2) is 7.22. The topological polar surface area (TPSA) is 91.9 Å². The van der Waals surface area contributed by atoms with Crippen LogP contribution in [0.1, 0.15) is 11.1 Å². The number of nitrogens with one attached hydrogen (secondary N) is 1. The van der Waals surface area contributed by atoms with Crippen LogP contribution in [0.5, 0.6) is 5.88 Å². The first-order valence-corrected chi connectivity index (χ1v) is 9.51. The largest absolute Gasteiger partial charge is 0.493 e. The van der Waals surface area contributed by atoms with E-state index >= 15 is 0 Å². The fourth-order valence-corrected chi connectivity index (χ4v) is 3.59. The highest BCUT2D eigenvalue weighted by Gasteiger charge is 2.19. The molecule has 0 saturated carbocycles. The Bertz CT molecular complexity index is 1300. The van der Waals surface area contributed by atoms with Crippen molar-refractivity contribution in [2.24, 2.45) is 19.1 Å². The summed E-state index contributed by atoms with van der Waals surface area (Å²) in [6.07, 6.45) is 0.905. The minimum Gasteiger partial charge on any atom is -0.493 e. The van der Waals surface area contributed by atoms with Crippen molar-refractivity contribution in [2.75, 3.05) is 19.4 Å². The SMILES string of the molecule is CN(C)C(=Nc1c(O)n(C)c(=O)n(C)c1=O)Nc1ccc2c(c1)-c1ccccc1C2. The fraction of sp³-hybridized carbons (Fsp3) is 0.227. The number of hydrogen-bond acceptors (Lipinski definition) is 4. The van der Waals surface area contributed by atoms with Gasteiger partial charge in [-0.2, -0.15) is 0 Å². The molecule has 154 valence electrons. The number of anilines is 1. The molecular formula is C22H23N5O3. The number of aromatic nitrogens is 2. The molecule has 4 rings (SSSR count). The van der Waals surface area contributed by atoms with Gasteiger partial charge in [0.25, 0.3) is 5.56 Å². The van der Waals surface area contributed by atoms with Gasteiger partial charge in [-0.15, -0.1) is 0 Å². The van der Waals surface area contributed by atoms with Gasteiger partial charge in [-0.1, -0.05) is 30.3 Å². The average Bonchev–Trinajstić information content (AvgIpc) is 3.11. The molecule has 1 aliphatic carbocycles. The van der Waals surface area contributed by atoms with Gasteiger partial charge in [-0.05, 0) is 40.8 Å². The molecular weight excluding hydrogens is 382 g/mol. The van der Waals surface area contributed by atoms with E-state index in [-0.39, 0.29) is 5.69 Å². The zero-order valence-electron chi connectivity index (χ0n) is 17.3. The van der Waals surface area contributed by atoms with Gasteiger partial charge in [0.1, 0.15) is 0 Å². The molecule has 1 heterocycles. The highest BCUT2D eigenvalue weighted by molar-refractivity contribution is 5.96. The predicted molar refractivity (Wildman–Crippen MR) is 118 cm³/mol. The lowest BCUT2D eigenvalue weighted by molar-refractivity contribution is 0.414. The van der Waals surface area contributed by atoms with E-state index in [0.29, 0.717) is 5.96 Å². The molecule has 2 N–H and O–H groups in total. The molecule has 8 heteroatoms. The van der Waals surface area contributed by atoms with Crippen LogP contribution in [0.4, 0.5) is 11.4 Å². The summed E-state index contributed by atoms with van der Waals surface area (Å²) in [6.45, 7) is 0. The number of nitrogens with zero attached hydrogens (tertiary/aromatic N) is 4. The molecule has 0 aliphatic heterocycles. The zero-order valence-corrected chi connectivity index (χ0v) is 17.3. The quantitative estimate of drug-likeness (QED) is 0.393. The van der Waals surface area contributed by atoms with Crippen LogP contribution in [-0.2, 0) is 20.5 Å². The Morgan fingerprint density at radius 2 is 1.73 bits per heavy atom. The lowest BCUT2D eigenvalue weighted by Gasteiger charge is -2.18. The normalized spacial score (nSPS) is 12.5. The van der Waals surface area contributed by atoms with Crippen molar-refractivity contribution in [3.8, 4) is 17.0 Å². The smallest absolute Gasteiger partial charge is 0.333 e. The lowest BCUT2D eigenvalue weighted by Crippen LogP contribution is -2.37. The van der Waals surface area contributed by atoms with Crippen molar-refractivity contribution < 1.29 is 5.11 Å². The highest BCUT2D eigenvalue weighted by Crippen LogP contribution is 2.37. The standard InChI is InChI=1S/C22H23N5O3/c1-25(2)21(24-18-19(28)26(3)22(30)27(4)20(18)29)23-15-10-9-14-11-13-7-5-6-8-16(13)17(14)12-15/h5-10,12,28H,11H2,1-4H3,(H,23,24). The second-order valence-corrected chi connectivity index (χ2v) is 7.54. The van der Waals surface area contributed by atoms with E-state index < -0.39 is 17.1 Å².